The van der Waals surface area contributed by atoms with Crippen molar-refractivity contribution < 1.29 is 32.5 Å². The maximum Gasteiger partial charge on any atom is 0.407 e. The standard InChI is InChI=1S/C32H44N4O7S/c1-32(2,15-9-16-33)22-36(44(39,40)25-13-8-12-24(19-25)35(3)4)20-28(37)27(18-23-10-6-5-7-11-23)34-31(38)43-29-21-42-30-26(29)14-17-41-30/h5-8,10-13,19,26-30,37H,9,14-15,17-18,20-22H2,1-4H3,(H,34,38)/t26?,27-,28+,29+,30?/m0/s1. The van der Waals surface area contributed by atoms with Crippen molar-refractivity contribution in [1.82, 2.24) is 9.62 Å². The number of aliphatic hydroxyl groups excluding tert-OH is 1. The van der Waals surface area contributed by atoms with Crippen LogP contribution in [-0.2, 0) is 30.7 Å². The first kappa shape index (κ1) is 33.7. The van der Waals surface area contributed by atoms with Gasteiger partial charge in [0.25, 0.3) is 0 Å². The molecule has 12 heteroatoms. The van der Waals surface area contributed by atoms with Crippen molar-refractivity contribution >= 4 is 21.8 Å². The Morgan fingerprint density at radius 1 is 1.18 bits per heavy atom. The van der Waals surface area contributed by atoms with Gasteiger partial charge in [0.1, 0.15) is 6.10 Å². The number of nitriles is 1. The van der Waals surface area contributed by atoms with Crippen molar-refractivity contribution in [3.8, 4) is 6.07 Å². The monoisotopic (exact) mass is 628 g/mol. The minimum absolute atomic E-state index is 0.0487. The summed E-state index contributed by atoms with van der Waals surface area (Å²) in [4.78, 5) is 15.0. The van der Waals surface area contributed by atoms with Gasteiger partial charge in [-0.25, -0.2) is 13.2 Å². The Balaban J connectivity index is 1.59. The Labute approximate surface area is 260 Å². The molecule has 11 nitrogen and oxygen atoms in total. The van der Waals surface area contributed by atoms with Crippen LogP contribution < -0.4 is 10.2 Å². The van der Waals surface area contributed by atoms with Crippen molar-refractivity contribution in [2.24, 2.45) is 11.3 Å². The number of hydrogen-bond donors (Lipinski definition) is 2. The summed E-state index contributed by atoms with van der Waals surface area (Å²) >= 11 is 0. The van der Waals surface area contributed by atoms with Gasteiger partial charge in [0.05, 0.1) is 42.2 Å². The van der Waals surface area contributed by atoms with E-state index in [1.165, 1.54) is 10.4 Å². The maximum atomic E-state index is 14.1. The summed E-state index contributed by atoms with van der Waals surface area (Å²) in [5.41, 5.74) is 1.01. The summed E-state index contributed by atoms with van der Waals surface area (Å²) in [5.74, 6) is -0.0487. The Morgan fingerprint density at radius 2 is 1.93 bits per heavy atom. The van der Waals surface area contributed by atoms with Gasteiger partial charge >= 0.3 is 6.09 Å². The van der Waals surface area contributed by atoms with E-state index in [2.05, 4.69) is 11.4 Å². The van der Waals surface area contributed by atoms with Gasteiger partial charge in [-0.15, -0.1) is 0 Å². The van der Waals surface area contributed by atoms with Gasteiger partial charge in [-0.3, -0.25) is 0 Å². The van der Waals surface area contributed by atoms with E-state index in [1.54, 1.807) is 12.1 Å². The molecule has 4 rings (SSSR count). The average Bonchev–Trinajstić information content (AvgIpc) is 3.61. The van der Waals surface area contributed by atoms with Gasteiger partial charge in [-0.1, -0.05) is 50.2 Å². The Kier molecular flexibility index (Phi) is 11.3. The fourth-order valence-corrected chi connectivity index (χ4v) is 7.31. The number of hydrogen-bond acceptors (Lipinski definition) is 9. The van der Waals surface area contributed by atoms with Crippen LogP contribution in [0.2, 0.25) is 0 Å². The fourth-order valence-electron chi connectivity index (χ4n) is 5.63. The highest BCUT2D eigenvalue weighted by Crippen LogP contribution is 2.33. The summed E-state index contributed by atoms with van der Waals surface area (Å²) in [6, 6.07) is 17.2. The number of nitrogens with one attached hydrogen (secondary N) is 1. The summed E-state index contributed by atoms with van der Waals surface area (Å²) in [6.45, 7) is 4.34. The number of alkyl carbamates (subject to hydrolysis) is 1. The van der Waals surface area contributed by atoms with E-state index in [4.69, 9.17) is 14.2 Å². The average molecular weight is 629 g/mol. The highest BCUT2D eigenvalue weighted by atomic mass is 32.2. The SMILES string of the molecule is CN(C)c1cccc(S(=O)(=O)N(C[C@@H](O)[C@H](Cc2ccccc2)NC(=O)O[C@@H]2COC3OCCC32)CC(C)(C)CCC#N)c1. The molecular weight excluding hydrogens is 584 g/mol. The Hall–Kier alpha value is -3.21. The van der Waals surface area contributed by atoms with E-state index in [9.17, 15) is 23.6 Å². The van der Waals surface area contributed by atoms with Gasteiger partial charge in [0, 0.05) is 39.3 Å². The van der Waals surface area contributed by atoms with Crippen molar-refractivity contribution in [3.63, 3.8) is 0 Å². The smallest absolute Gasteiger partial charge is 0.407 e. The number of amides is 1. The lowest BCUT2D eigenvalue weighted by Gasteiger charge is -2.35. The molecule has 0 spiro atoms. The van der Waals surface area contributed by atoms with Crippen LogP contribution in [0.25, 0.3) is 0 Å². The molecule has 2 aromatic carbocycles. The Morgan fingerprint density at radius 3 is 2.64 bits per heavy atom. The number of carbonyl (C=O) groups is 1. The summed E-state index contributed by atoms with van der Waals surface area (Å²) in [6.07, 6.45) is -1.15. The number of aliphatic hydroxyl groups is 1. The van der Waals surface area contributed by atoms with Gasteiger partial charge in [0.15, 0.2) is 6.29 Å². The van der Waals surface area contributed by atoms with Crippen LogP contribution in [-0.4, -0.2) is 88.9 Å². The highest BCUT2D eigenvalue weighted by molar-refractivity contribution is 7.89. The molecule has 2 aliphatic heterocycles. The van der Waals surface area contributed by atoms with E-state index in [0.29, 0.717) is 18.7 Å². The van der Waals surface area contributed by atoms with Crippen molar-refractivity contribution in [3.05, 3.63) is 60.2 Å². The molecule has 2 heterocycles. The summed E-state index contributed by atoms with van der Waals surface area (Å²) in [7, 11) is -0.428. The molecule has 2 aliphatic rings. The third-order valence-corrected chi connectivity index (χ3v) is 10.00. The zero-order valence-corrected chi connectivity index (χ0v) is 26.7. The molecule has 0 radical (unpaired) electrons. The molecule has 0 saturated carbocycles. The third kappa shape index (κ3) is 8.70. The third-order valence-electron chi connectivity index (χ3n) is 8.19. The molecule has 2 unspecified atom stereocenters. The van der Waals surface area contributed by atoms with Crippen LogP contribution in [0.5, 0.6) is 0 Å². The van der Waals surface area contributed by atoms with Crippen LogP contribution in [0, 0.1) is 22.7 Å². The van der Waals surface area contributed by atoms with Gasteiger partial charge in [-0.05, 0) is 48.4 Å². The largest absolute Gasteiger partial charge is 0.443 e. The number of ether oxygens (including phenoxy) is 3. The molecule has 5 atom stereocenters. The molecule has 0 aliphatic carbocycles. The lowest BCUT2D eigenvalue weighted by Crippen LogP contribution is -2.52. The lowest BCUT2D eigenvalue weighted by molar-refractivity contribution is -0.0907. The molecule has 2 saturated heterocycles. The second-order valence-electron chi connectivity index (χ2n) is 12.5. The molecule has 2 fully saturated rings. The van der Waals surface area contributed by atoms with Crippen LogP contribution >= 0.6 is 0 Å². The van der Waals surface area contributed by atoms with E-state index in [0.717, 1.165) is 12.0 Å². The van der Waals surface area contributed by atoms with Gasteiger partial charge < -0.3 is 29.5 Å². The summed E-state index contributed by atoms with van der Waals surface area (Å²) in [5, 5.41) is 23.6. The minimum Gasteiger partial charge on any atom is -0.443 e. The number of anilines is 1. The number of benzene rings is 2. The molecule has 44 heavy (non-hydrogen) atoms. The van der Waals surface area contributed by atoms with Gasteiger partial charge in [-0.2, -0.15) is 9.57 Å². The van der Waals surface area contributed by atoms with Crippen LogP contribution in [0.3, 0.4) is 0 Å². The van der Waals surface area contributed by atoms with E-state index in [-0.39, 0.29) is 49.6 Å². The topological polar surface area (TPSA) is 141 Å². The minimum atomic E-state index is -4.08. The number of rotatable bonds is 14. The van der Waals surface area contributed by atoms with Gasteiger partial charge in [0.2, 0.25) is 10.0 Å². The number of sulfonamides is 1. The second-order valence-corrected chi connectivity index (χ2v) is 14.4. The first-order valence-electron chi connectivity index (χ1n) is 15.0. The fraction of sp³-hybridized carbons (Fsp3) is 0.562. The van der Waals surface area contributed by atoms with Crippen molar-refractivity contribution in [2.75, 3.05) is 45.3 Å². The number of nitrogens with zero attached hydrogens (tertiary/aromatic N) is 3. The quantitative estimate of drug-likeness (QED) is 0.321. The highest BCUT2D eigenvalue weighted by Gasteiger charge is 2.44. The zero-order valence-electron chi connectivity index (χ0n) is 25.9. The van der Waals surface area contributed by atoms with Crippen molar-refractivity contribution in [1.29, 1.82) is 5.26 Å². The maximum absolute atomic E-state index is 14.1. The Bertz CT molecular complexity index is 1400. The van der Waals surface area contributed by atoms with E-state index in [1.807, 2.05) is 69.2 Å². The molecule has 2 aromatic rings. The number of fused-ring (bicyclic) bond motifs is 1. The van der Waals surface area contributed by atoms with Crippen LogP contribution in [0.15, 0.2) is 59.5 Å². The van der Waals surface area contributed by atoms with Crippen molar-refractivity contribution in [2.45, 2.75) is 69.0 Å². The molecular formula is C32H44N4O7S. The lowest BCUT2D eigenvalue weighted by atomic mass is 9.88. The molecule has 0 bridgehead atoms. The summed E-state index contributed by atoms with van der Waals surface area (Å²) < 4.78 is 46.4. The van der Waals surface area contributed by atoms with E-state index >= 15 is 0 Å². The normalized spacial score (nSPS) is 21.3. The molecule has 240 valence electrons. The molecule has 1 amide bonds. The second kappa shape index (κ2) is 14.7. The molecule has 2 N–H and O–H groups in total. The van der Waals surface area contributed by atoms with Crippen LogP contribution in [0.1, 0.15) is 38.7 Å². The molecule has 0 aromatic heterocycles. The predicted molar refractivity (Wildman–Crippen MR) is 165 cm³/mol. The number of carbonyl (C=O) groups excluding carboxylic acids is 1. The first-order valence-corrected chi connectivity index (χ1v) is 16.4. The zero-order chi connectivity index (χ0) is 31.9. The predicted octanol–water partition coefficient (Wildman–Crippen LogP) is 3.53. The van der Waals surface area contributed by atoms with Crippen LogP contribution in [0.4, 0.5) is 10.5 Å². The van der Waals surface area contributed by atoms with E-state index < -0.39 is 39.8 Å². The first-order chi connectivity index (χ1) is 20.9.